The van der Waals surface area contributed by atoms with Crippen LogP contribution in [0, 0.1) is 6.92 Å². The third kappa shape index (κ3) is 3.20. The van der Waals surface area contributed by atoms with Crippen LogP contribution in [0.5, 0.6) is 0 Å². The minimum atomic E-state index is -0.993. The van der Waals surface area contributed by atoms with Crippen molar-refractivity contribution in [3.05, 3.63) is 47.9 Å². The van der Waals surface area contributed by atoms with Gasteiger partial charge in [0.15, 0.2) is 5.69 Å². The van der Waals surface area contributed by atoms with Crippen molar-refractivity contribution in [3.63, 3.8) is 0 Å². The summed E-state index contributed by atoms with van der Waals surface area (Å²) in [5.74, 6) is -1.46. The molecule has 1 saturated heterocycles. The smallest absolute Gasteiger partial charge is 0.305 e. The summed E-state index contributed by atoms with van der Waals surface area (Å²) in [7, 11) is 0. The molecular weight excluding hydrogens is 362 g/mol. The number of carboxylic acid groups (broad SMARTS) is 1. The molecule has 1 aliphatic rings. The summed E-state index contributed by atoms with van der Waals surface area (Å²) in [5.41, 5.74) is 1.22. The van der Waals surface area contributed by atoms with E-state index >= 15 is 0 Å². The van der Waals surface area contributed by atoms with Gasteiger partial charge in [-0.1, -0.05) is 23.4 Å². The number of hydrogen-bond donors (Lipinski definition) is 2. The predicted molar refractivity (Wildman–Crippen MR) is 99.3 cm³/mol. The molecule has 0 bridgehead atoms. The Morgan fingerprint density at radius 2 is 2.14 bits per heavy atom. The number of aliphatic carboxylic acids is 1. The third-order valence-corrected chi connectivity index (χ3v) is 4.92. The van der Waals surface area contributed by atoms with E-state index in [0.717, 1.165) is 10.9 Å². The molecule has 1 atom stereocenters. The molecule has 0 aliphatic carbocycles. The van der Waals surface area contributed by atoms with Gasteiger partial charge in [0.2, 0.25) is 0 Å². The number of nitrogens with one attached hydrogen (secondary N) is 1. The quantitative estimate of drug-likeness (QED) is 0.687. The van der Waals surface area contributed by atoms with E-state index in [-0.39, 0.29) is 18.7 Å². The Hall–Kier alpha value is -3.33. The Balaban J connectivity index is 1.66. The maximum Gasteiger partial charge on any atom is 0.305 e. The molecule has 2 aromatic heterocycles. The minimum Gasteiger partial charge on any atom is -0.481 e. The highest BCUT2D eigenvalue weighted by atomic mass is 16.5. The monoisotopic (exact) mass is 381 g/mol. The van der Waals surface area contributed by atoms with Gasteiger partial charge in [-0.25, -0.2) is 4.68 Å². The Bertz CT molecular complexity index is 1050. The van der Waals surface area contributed by atoms with Gasteiger partial charge in [-0.05, 0) is 25.5 Å². The minimum absolute atomic E-state index is 0.143. The van der Waals surface area contributed by atoms with Crippen molar-refractivity contribution >= 4 is 22.8 Å². The van der Waals surface area contributed by atoms with Gasteiger partial charge < -0.3 is 15.2 Å². The zero-order valence-electron chi connectivity index (χ0n) is 15.3. The molecule has 0 saturated carbocycles. The largest absolute Gasteiger partial charge is 0.481 e. The Kier molecular flexibility index (Phi) is 4.52. The average Bonchev–Trinajstić information content (AvgIpc) is 3.27. The van der Waals surface area contributed by atoms with Crippen LogP contribution < -0.4 is 5.32 Å². The zero-order valence-corrected chi connectivity index (χ0v) is 15.3. The fraction of sp³-hybridized carbons (Fsp3) is 0.316. The van der Waals surface area contributed by atoms with Crippen molar-refractivity contribution in [3.8, 4) is 5.69 Å². The summed E-state index contributed by atoms with van der Waals surface area (Å²) in [6, 6.07) is 9.49. The SMILES string of the molecule is Cc1c(C(=O)NC2(CC(=O)O)CCOC2)nnn1-c1cccc2cccnc12. The van der Waals surface area contributed by atoms with E-state index in [9.17, 15) is 14.7 Å². The van der Waals surface area contributed by atoms with Gasteiger partial charge in [-0.15, -0.1) is 5.10 Å². The highest BCUT2D eigenvalue weighted by Gasteiger charge is 2.39. The topological polar surface area (TPSA) is 119 Å². The summed E-state index contributed by atoms with van der Waals surface area (Å²) in [5, 5.41) is 21.1. The number of fused-ring (bicyclic) bond motifs is 1. The van der Waals surface area contributed by atoms with E-state index in [4.69, 9.17) is 4.74 Å². The fourth-order valence-corrected chi connectivity index (χ4v) is 3.51. The molecule has 4 rings (SSSR count). The number of carbonyl (C=O) groups excluding carboxylic acids is 1. The first-order chi connectivity index (χ1) is 13.5. The van der Waals surface area contributed by atoms with E-state index in [1.807, 2.05) is 30.3 Å². The number of aromatic nitrogens is 4. The maximum atomic E-state index is 12.8. The lowest BCUT2D eigenvalue weighted by Crippen LogP contribution is -2.50. The van der Waals surface area contributed by atoms with Gasteiger partial charge in [-0.2, -0.15) is 0 Å². The molecule has 9 nitrogen and oxygen atoms in total. The van der Waals surface area contributed by atoms with E-state index in [2.05, 4.69) is 20.6 Å². The number of carbonyl (C=O) groups is 2. The molecule has 1 amide bonds. The van der Waals surface area contributed by atoms with Crippen LogP contribution in [0.4, 0.5) is 0 Å². The van der Waals surface area contributed by atoms with E-state index < -0.39 is 17.4 Å². The highest BCUT2D eigenvalue weighted by molar-refractivity contribution is 5.94. The van der Waals surface area contributed by atoms with Gasteiger partial charge in [0.25, 0.3) is 5.91 Å². The molecule has 9 heteroatoms. The van der Waals surface area contributed by atoms with Gasteiger partial charge in [-0.3, -0.25) is 14.6 Å². The summed E-state index contributed by atoms with van der Waals surface area (Å²) >= 11 is 0. The number of para-hydroxylation sites is 1. The zero-order chi connectivity index (χ0) is 19.7. The lowest BCUT2D eigenvalue weighted by Gasteiger charge is -2.26. The number of pyridine rings is 1. The van der Waals surface area contributed by atoms with Gasteiger partial charge in [0.1, 0.15) is 0 Å². The summed E-state index contributed by atoms with van der Waals surface area (Å²) < 4.78 is 6.89. The average molecular weight is 381 g/mol. The van der Waals surface area contributed by atoms with Crippen LogP contribution in [0.3, 0.4) is 0 Å². The third-order valence-electron chi connectivity index (χ3n) is 4.92. The molecule has 1 aromatic carbocycles. The highest BCUT2D eigenvalue weighted by Crippen LogP contribution is 2.25. The van der Waals surface area contributed by atoms with E-state index in [1.54, 1.807) is 17.8 Å². The standard InChI is InChI=1S/C19H19N5O4/c1-12-16(18(27)21-19(10-15(25)26)7-9-28-11-19)22-23-24(12)14-6-2-4-13-5-3-8-20-17(13)14/h2-6,8H,7,9-11H2,1H3,(H,21,27)(H,25,26). The van der Waals surface area contributed by atoms with E-state index in [1.165, 1.54) is 0 Å². The Morgan fingerprint density at radius 3 is 2.89 bits per heavy atom. The molecule has 1 fully saturated rings. The van der Waals surface area contributed by atoms with Crippen molar-refractivity contribution in [1.29, 1.82) is 0 Å². The normalized spacial score (nSPS) is 19.0. The molecule has 1 aliphatic heterocycles. The van der Waals surface area contributed by atoms with Crippen molar-refractivity contribution < 1.29 is 19.4 Å². The van der Waals surface area contributed by atoms with Crippen molar-refractivity contribution in [2.24, 2.45) is 0 Å². The Morgan fingerprint density at radius 1 is 1.32 bits per heavy atom. The maximum absolute atomic E-state index is 12.8. The molecule has 2 N–H and O–H groups in total. The van der Waals surface area contributed by atoms with Crippen LogP contribution in [0.15, 0.2) is 36.5 Å². The molecule has 0 spiro atoms. The second-order valence-electron chi connectivity index (χ2n) is 6.90. The number of nitrogens with zero attached hydrogens (tertiary/aromatic N) is 4. The number of carboxylic acids is 1. The first-order valence-corrected chi connectivity index (χ1v) is 8.88. The number of benzene rings is 1. The van der Waals surface area contributed by atoms with Crippen molar-refractivity contribution in [1.82, 2.24) is 25.3 Å². The molecule has 1 unspecified atom stereocenters. The summed E-state index contributed by atoms with van der Waals surface area (Å²) in [6.45, 7) is 2.30. The van der Waals surface area contributed by atoms with Crippen LogP contribution in [0.1, 0.15) is 29.0 Å². The van der Waals surface area contributed by atoms with Gasteiger partial charge in [0.05, 0.1) is 35.5 Å². The first kappa shape index (κ1) is 18.1. The molecule has 3 heterocycles. The van der Waals surface area contributed by atoms with E-state index in [0.29, 0.717) is 24.4 Å². The van der Waals surface area contributed by atoms with Gasteiger partial charge >= 0.3 is 5.97 Å². The van der Waals surface area contributed by atoms with Gasteiger partial charge in [0, 0.05) is 18.2 Å². The van der Waals surface area contributed by atoms with Crippen molar-refractivity contribution in [2.45, 2.75) is 25.3 Å². The van der Waals surface area contributed by atoms with Crippen molar-refractivity contribution in [2.75, 3.05) is 13.2 Å². The predicted octanol–water partition coefficient (Wildman–Crippen LogP) is 1.49. The van der Waals surface area contributed by atoms with Crippen LogP contribution in [0.25, 0.3) is 16.6 Å². The van der Waals surface area contributed by atoms with Crippen LogP contribution in [0.2, 0.25) is 0 Å². The van der Waals surface area contributed by atoms with Crippen LogP contribution in [-0.4, -0.2) is 55.7 Å². The molecule has 3 aromatic rings. The molecule has 28 heavy (non-hydrogen) atoms. The lowest BCUT2D eigenvalue weighted by molar-refractivity contribution is -0.138. The molecule has 144 valence electrons. The first-order valence-electron chi connectivity index (χ1n) is 8.88. The lowest BCUT2D eigenvalue weighted by atomic mass is 9.94. The number of rotatable bonds is 5. The fourth-order valence-electron chi connectivity index (χ4n) is 3.51. The van der Waals surface area contributed by atoms with Crippen LogP contribution in [-0.2, 0) is 9.53 Å². The second-order valence-corrected chi connectivity index (χ2v) is 6.90. The second kappa shape index (κ2) is 7.01. The van der Waals surface area contributed by atoms with Crippen LogP contribution >= 0.6 is 0 Å². The molecule has 0 radical (unpaired) electrons. The molecular formula is C19H19N5O4. The summed E-state index contributed by atoms with van der Waals surface area (Å²) in [4.78, 5) is 28.4. The number of ether oxygens (including phenoxy) is 1. The number of amides is 1. The number of hydrogen-bond acceptors (Lipinski definition) is 6. The summed E-state index contributed by atoms with van der Waals surface area (Å²) in [6.07, 6.45) is 1.92. The Labute approximate surface area is 160 Å².